The van der Waals surface area contributed by atoms with Crippen molar-refractivity contribution in [3.63, 3.8) is 0 Å². The molecule has 5 heteroatoms. The zero-order valence-corrected chi connectivity index (χ0v) is 12.6. The molecule has 2 aromatic rings. The maximum atomic E-state index is 10.9. The summed E-state index contributed by atoms with van der Waals surface area (Å²) in [7, 11) is 0. The van der Waals surface area contributed by atoms with Crippen LogP contribution >= 0.6 is 0 Å². The van der Waals surface area contributed by atoms with Crippen molar-refractivity contribution < 1.29 is 4.92 Å². The van der Waals surface area contributed by atoms with Gasteiger partial charge in [-0.05, 0) is 18.9 Å². The Morgan fingerprint density at radius 2 is 2.00 bits per heavy atom. The largest absolute Gasteiger partial charge is 0.325 e. The Hall–Kier alpha value is -1.91. The van der Waals surface area contributed by atoms with Crippen LogP contribution in [0.4, 0.5) is 5.69 Å². The number of imidazole rings is 1. The third kappa shape index (κ3) is 2.52. The molecule has 1 heterocycles. The molecule has 1 saturated carbocycles. The normalized spacial score (nSPS) is 16.7. The zero-order valence-electron chi connectivity index (χ0n) is 12.6. The summed E-state index contributed by atoms with van der Waals surface area (Å²) in [6, 6.07) is 5.54. The fraction of sp³-hybridized carbons (Fsp3) is 0.562. The van der Waals surface area contributed by atoms with Crippen LogP contribution in [0.1, 0.15) is 63.7 Å². The number of hydrogen-bond acceptors (Lipinski definition) is 3. The number of benzene rings is 1. The molecule has 0 bridgehead atoms. The number of non-ortho nitro benzene ring substituents is 1. The van der Waals surface area contributed by atoms with E-state index in [1.807, 2.05) is 6.07 Å². The molecule has 0 aliphatic heterocycles. The third-order valence-corrected chi connectivity index (χ3v) is 4.37. The van der Waals surface area contributed by atoms with Crippen LogP contribution in [-0.2, 0) is 0 Å². The van der Waals surface area contributed by atoms with Gasteiger partial charge < -0.3 is 4.57 Å². The first-order valence-electron chi connectivity index (χ1n) is 7.74. The van der Waals surface area contributed by atoms with Crippen LogP contribution in [-0.4, -0.2) is 14.5 Å². The SMILES string of the molecule is CC(C)c1nc2cc([N+](=O)[O-])ccc2n1C1CCCCC1. The number of aromatic nitrogens is 2. The minimum Gasteiger partial charge on any atom is -0.325 e. The molecule has 5 nitrogen and oxygen atoms in total. The Labute approximate surface area is 124 Å². The molecular formula is C16H21N3O2. The molecule has 3 rings (SSSR count). The Bertz CT molecular complexity index is 669. The van der Waals surface area contributed by atoms with Crippen LogP contribution in [0.25, 0.3) is 11.0 Å². The van der Waals surface area contributed by atoms with Gasteiger partial charge in [-0.15, -0.1) is 0 Å². The van der Waals surface area contributed by atoms with Crippen LogP contribution in [0.3, 0.4) is 0 Å². The van der Waals surface area contributed by atoms with Gasteiger partial charge in [-0.25, -0.2) is 4.98 Å². The van der Waals surface area contributed by atoms with Gasteiger partial charge >= 0.3 is 0 Å². The molecule has 0 saturated heterocycles. The molecule has 1 aliphatic rings. The summed E-state index contributed by atoms with van der Waals surface area (Å²) in [4.78, 5) is 15.3. The van der Waals surface area contributed by atoms with Crippen LogP contribution in [0.2, 0.25) is 0 Å². The minimum atomic E-state index is -0.353. The molecular weight excluding hydrogens is 266 g/mol. The maximum absolute atomic E-state index is 10.9. The van der Waals surface area contributed by atoms with Crippen molar-refractivity contribution in [2.45, 2.75) is 57.9 Å². The van der Waals surface area contributed by atoms with Gasteiger partial charge in [-0.1, -0.05) is 33.1 Å². The van der Waals surface area contributed by atoms with E-state index in [4.69, 9.17) is 0 Å². The van der Waals surface area contributed by atoms with Crippen molar-refractivity contribution >= 4 is 16.7 Å². The average molecular weight is 287 g/mol. The summed E-state index contributed by atoms with van der Waals surface area (Å²) >= 11 is 0. The lowest BCUT2D eigenvalue weighted by Crippen LogP contribution is -2.16. The highest BCUT2D eigenvalue weighted by Crippen LogP contribution is 2.35. The summed E-state index contributed by atoms with van der Waals surface area (Å²) in [5.74, 6) is 1.37. The molecule has 1 aromatic heterocycles. The number of fused-ring (bicyclic) bond motifs is 1. The van der Waals surface area contributed by atoms with E-state index in [0.29, 0.717) is 12.0 Å². The summed E-state index contributed by atoms with van der Waals surface area (Å²) < 4.78 is 2.34. The average Bonchev–Trinajstić information content (AvgIpc) is 2.86. The lowest BCUT2D eigenvalue weighted by Gasteiger charge is -2.26. The van der Waals surface area contributed by atoms with Crippen molar-refractivity contribution in [1.29, 1.82) is 0 Å². The summed E-state index contributed by atoms with van der Waals surface area (Å²) in [5, 5.41) is 10.9. The van der Waals surface area contributed by atoms with E-state index < -0.39 is 0 Å². The minimum absolute atomic E-state index is 0.117. The molecule has 0 radical (unpaired) electrons. The first-order valence-corrected chi connectivity index (χ1v) is 7.74. The smallest absolute Gasteiger partial charge is 0.271 e. The van der Waals surface area contributed by atoms with Crippen LogP contribution in [0.15, 0.2) is 18.2 Å². The summed E-state index contributed by atoms with van der Waals surface area (Å²) in [6.07, 6.45) is 6.19. The Balaban J connectivity index is 2.15. The fourth-order valence-electron chi connectivity index (χ4n) is 3.35. The van der Waals surface area contributed by atoms with E-state index >= 15 is 0 Å². The molecule has 21 heavy (non-hydrogen) atoms. The second-order valence-corrected chi connectivity index (χ2v) is 6.22. The van der Waals surface area contributed by atoms with E-state index in [2.05, 4.69) is 23.4 Å². The van der Waals surface area contributed by atoms with Gasteiger partial charge in [0.15, 0.2) is 0 Å². The molecule has 112 valence electrons. The highest BCUT2D eigenvalue weighted by atomic mass is 16.6. The Morgan fingerprint density at radius 1 is 1.29 bits per heavy atom. The highest BCUT2D eigenvalue weighted by Gasteiger charge is 2.23. The van der Waals surface area contributed by atoms with Crippen molar-refractivity contribution in [1.82, 2.24) is 9.55 Å². The monoisotopic (exact) mass is 287 g/mol. The van der Waals surface area contributed by atoms with Gasteiger partial charge in [-0.3, -0.25) is 10.1 Å². The first-order chi connectivity index (χ1) is 10.1. The number of hydrogen-bond donors (Lipinski definition) is 0. The summed E-state index contributed by atoms with van der Waals surface area (Å²) in [6.45, 7) is 4.27. The molecule has 0 spiro atoms. The van der Waals surface area contributed by atoms with Crippen LogP contribution in [0.5, 0.6) is 0 Å². The zero-order chi connectivity index (χ0) is 15.0. The highest BCUT2D eigenvalue weighted by molar-refractivity contribution is 5.79. The molecule has 0 N–H and O–H groups in total. The Kier molecular flexibility index (Phi) is 3.66. The molecule has 0 unspecified atom stereocenters. The van der Waals surface area contributed by atoms with Crippen molar-refractivity contribution in [3.05, 3.63) is 34.1 Å². The standard InChI is InChI=1S/C16H21N3O2/c1-11(2)16-17-14-10-13(19(20)21)8-9-15(14)18(16)12-6-4-3-5-7-12/h8-12H,3-7H2,1-2H3. The number of rotatable bonds is 3. The number of nitro benzene ring substituents is 1. The molecule has 1 aromatic carbocycles. The lowest BCUT2D eigenvalue weighted by molar-refractivity contribution is -0.384. The quantitative estimate of drug-likeness (QED) is 0.613. The maximum Gasteiger partial charge on any atom is 0.271 e. The molecule has 0 amide bonds. The fourth-order valence-corrected chi connectivity index (χ4v) is 3.35. The van der Waals surface area contributed by atoms with Crippen LogP contribution in [0, 0.1) is 10.1 Å². The predicted octanol–water partition coefficient (Wildman–Crippen LogP) is 4.57. The lowest BCUT2D eigenvalue weighted by atomic mass is 9.94. The van der Waals surface area contributed by atoms with Crippen molar-refractivity contribution in [3.8, 4) is 0 Å². The number of nitrogens with zero attached hydrogens (tertiary/aromatic N) is 3. The van der Waals surface area contributed by atoms with Gasteiger partial charge in [0.25, 0.3) is 5.69 Å². The van der Waals surface area contributed by atoms with E-state index in [1.165, 1.54) is 32.1 Å². The van der Waals surface area contributed by atoms with E-state index in [-0.39, 0.29) is 10.6 Å². The van der Waals surface area contributed by atoms with Gasteiger partial charge in [-0.2, -0.15) is 0 Å². The summed E-state index contributed by atoms with van der Waals surface area (Å²) in [5.41, 5.74) is 1.90. The second kappa shape index (κ2) is 5.47. The molecule has 1 aliphatic carbocycles. The van der Waals surface area contributed by atoms with E-state index in [0.717, 1.165) is 16.9 Å². The van der Waals surface area contributed by atoms with Gasteiger partial charge in [0.2, 0.25) is 0 Å². The van der Waals surface area contributed by atoms with E-state index in [1.54, 1.807) is 12.1 Å². The van der Waals surface area contributed by atoms with E-state index in [9.17, 15) is 10.1 Å². The Morgan fingerprint density at radius 3 is 2.62 bits per heavy atom. The van der Waals surface area contributed by atoms with Gasteiger partial charge in [0.05, 0.1) is 16.0 Å². The first kappa shape index (κ1) is 14.0. The molecule has 0 atom stereocenters. The molecule has 1 fully saturated rings. The predicted molar refractivity (Wildman–Crippen MR) is 82.6 cm³/mol. The van der Waals surface area contributed by atoms with Gasteiger partial charge in [0.1, 0.15) is 5.82 Å². The van der Waals surface area contributed by atoms with Crippen molar-refractivity contribution in [2.24, 2.45) is 0 Å². The third-order valence-electron chi connectivity index (χ3n) is 4.37. The van der Waals surface area contributed by atoms with Crippen LogP contribution < -0.4 is 0 Å². The topological polar surface area (TPSA) is 61.0 Å². The number of nitro groups is 1. The van der Waals surface area contributed by atoms with Gasteiger partial charge in [0, 0.05) is 24.1 Å². The second-order valence-electron chi connectivity index (χ2n) is 6.22. The van der Waals surface area contributed by atoms with Crippen molar-refractivity contribution in [2.75, 3.05) is 0 Å².